The quantitative estimate of drug-likeness (QED) is 0.224. The Hall–Kier alpha value is -4.49. The number of rotatable bonds is 7. The van der Waals surface area contributed by atoms with Crippen LogP contribution in [0, 0.1) is 12.7 Å². The molecule has 1 atom stereocenters. The Morgan fingerprint density at radius 3 is 2.48 bits per heavy atom. The SMILES string of the molecule is CCC(c1nc2ccccc2c(=O)n1-c1ccc(F)c(Cl)c1)N(Cc1ccccc1)C(=O)Nc1cccc(C)c1. The standard InChI is InChI=1S/C32H28ClFN4O2/c1-3-29(37(20-22-11-5-4-6-12-22)32(40)35-23-13-9-10-21(2)18-23)30-36-28-15-8-7-14-25(28)31(39)38(30)24-16-17-27(34)26(33)19-24/h4-19,29H,3,20H2,1-2H3,(H,35,40). The number of benzene rings is 4. The second-order valence-electron chi connectivity index (χ2n) is 9.56. The predicted octanol–water partition coefficient (Wildman–Crippen LogP) is 7.67. The number of hydrogen-bond acceptors (Lipinski definition) is 3. The van der Waals surface area contributed by atoms with Crippen LogP contribution in [0.3, 0.4) is 0 Å². The number of carbonyl (C=O) groups excluding carboxylic acids is 1. The van der Waals surface area contributed by atoms with Crippen molar-refractivity contribution in [3.63, 3.8) is 0 Å². The third-order valence-electron chi connectivity index (χ3n) is 6.75. The number of aromatic nitrogens is 2. The number of carbonyl (C=O) groups is 1. The zero-order chi connectivity index (χ0) is 28.2. The lowest BCUT2D eigenvalue weighted by Crippen LogP contribution is -2.40. The minimum atomic E-state index is -0.619. The summed E-state index contributed by atoms with van der Waals surface area (Å²) in [6.45, 7) is 4.16. The average Bonchev–Trinajstić information content (AvgIpc) is 2.95. The Balaban J connectivity index is 1.69. The number of fused-ring (bicyclic) bond motifs is 1. The van der Waals surface area contributed by atoms with Gasteiger partial charge in [-0.15, -0.1) is 0 Å². The van der Waals surface area contributed by atoms with E-state index in [9.17, 15) is 14.0 Å². The van der Waals surface area contributed by atoms with Crippen LogP contribution >= 0.6 is 11.6 Å². The number of para-hydroxylation sites is 1. The highest BCUT2D eigenvalue weighted by molar-refractivity contribution is 6.30. The summed E-state index contributed by atoms with van der Waals surface area (Å²) in [6, 6.07) is 27.4. The average molecular weight is 555 g/mol. The summed E-state index contributed by atoms with van der Waals surface area (Å²) in [5, 5.41) is 3.30. The van der Waals surface area contributed by atoms with Gasteiger partial charge in [-0.1, -0.05) is 73.1 Å². The first-order chi connectivity index (χ1) is 19.4. The summed E-state index contributed by atoms with van der Waals surface area (Å²) < 4.78 is 15.5. The van der Waals surface area contributed by atoms with Crippen LogP contribution in [0.2, 0.25) is 5.02 Å². The Kier molecular flexibility index (Phi) is 7.94. The molecule has 1 heterocycles. The molecule has 6 nitrogen and oxygen atoms in total. The van der Waals surface area contributed by atoms with Crippen LogP contribution in [0.5, 0.6) is 0 Å². The zero-order valence-electron chi connectivity index (χ0n) is 22.1. The molecule has 0 saturated carbocycles. The smallest absolute Gasteiger partial charge is 0.310 e. The van der Waals surface area contributed by atoms with Gasteiger partial charge in [-0.05, 0) is 66.9 Å². The van der Waals surface area contributed by atoms with E-state index in [4.69, 9.17) is 16.6 Å². The number of anilines is 1. The van der Waals surface area contributed by atoms with Crippen LogP contribution in [0.1, 0.15) is 36.3 Å². The van der Waals surface area contributed by atoms with Crippen molar-refractivity contribution in [3.8, 4) is 5.69 Å². The molecule has 4 aromatic carbocycles. The van der Waals surface area contributed by atoms with Crippen molar-refractivity contribution in [3.05, 3.63) is 135 Å². The summed E-state index contributed by atoms with van der Waals surface area (Å²) in [5.41, 5.74) is 3.12. The summed E-state index contributed by atoms with van der Waals surface area (Å²) >= 11 is 6.14. The fourth-order valence-corrected chi connectivity index (χ4v) is 4.99. The van der Waals surface area contributed by atoms with Crippen molar-refractivity contribution in [1.82, 2.24) is 14.5 Å². The minimum absolute atomic E-state index is 0.116. The summed E-state index contributed by atoms with van der Waals surface area (Å²) in [4.78, 5) is 34.4. The van der Waals surface area contributed by atoms with Gasteiger partial charge in [-0.2, -0.15) is 0 Å². The van der Waals surface area contributed by atoms with Gasteiger partial charge >= 0.3 is 6.03 Å². The van der Waals surface area contributed by atoms with Crippen LogP contribution in [0.4, 0.5) is 14.9 Å². The molecule has 2 amide bonds. The molecular formula is C32H28ClFN4O2. The van der Waals surface area contributed by atoms with Gasteiger partial charge in [-0.3, -0.25) is 9.36 Å². The van der Waals surface area contributed by atoms with E-state index in [1.165, 1.54) is 22.8 Å². The zero-order valence-corrected chi connectivity index (χ0v) is 22.9. The molecule has 40 heavy (non-hydrogen) atoms. The van der Waals surface area contributed by atoms with Crippen LogP contribution in [-0.4, -0.2) is 20.5 Å². The number of aryl methyl sites for hydroxylation is 1. The molecule has 0 aliphatic heterocycles. The van der Waals surface area contributed by atoms with Gasteiger partial charge in [0.1, 0.15) is 11.6 Å². The lowest BCUT2D eigenvalue weighted by Gasteiger charge is -2.32. The summed E-state index contributed by atoms with van der Waals surface area (Å²) in [5.74, 6) is -0.242. The number of amides is 2. The molecule has 8 heteroatoms. The Bertz CT molecular complexity index is 1740. The highest BCUT2D eigenvalue weighted by atomic mass is 35.5. The molecule has 0 aliphatic rings. The first-order valence-corrected chi connectivity index (χ1v) is 13.4. The number of hydrogen-bond donors (Lipinski definition) is 1. The molecule has 0 fully saturated rings. The maximum atomic E-state index is 14.1. The molecule has 1 aromatic heterocycles. The molecule has 1 N–H and O–H groups in total. The normalized spacial score (nSPS) is 11.8. The van der Waals surface area contributed by atoms with Crippen molar-refractivity contribution in [1.29, 1.82) is 0 Å². The number of urea groups is 1. The Morgan fingerprint density at radius 1 is 1.00 bits per heavy atom. The lowest BCUT2D eigenvalue weighted by atomic mass is 10.1. The summed E-state index contributed by atoms with van der Waals surface area (Å²) in [7, 11) is 0. The predicted molar refractivity (Wildman–Crippen MR) is 158 cm³/mol. The fraction of sp³-hybridized carbons (Fsp3) is 0.156. The molecule has 0 spiro atoms. The van der Waals surface area contributed by atoms with E-state index in [-0.39, 0.29) is 23.2 Å². The highest BCUT2D eigenvalue weighted by Crippen LogP contribution is 2.29. The molecule has 0 bridgehead atoms. The molecule has 0 saturated heterocycles. The third-order valence-corrected chi connectivity index (χ3v) is 7.04. The number of halogens is 2. The monoisotopic (exact) mass is 554 g/mol. The van der Waals surface area contributed by atoms with Gasteiger partial charge in [-0.25, -0.2) is 14.2 Å². The van der Waals surface area contributed by atoms with Crippen LogP contribution in [0.25, 0.3) is 16.6 Å². The van der Waals surface area contributed by atoms with Gasteiger partial charge in [0.05, 0.1) is 27.7 Å². The molecule has 0 radical (unpaired) electrons. The van der Waals surface area contributed by atoms with Crippen molar-refractivity contribution in [2.75, 3.05) is 5.32 Å². The van der Waals surface area contributed by atoms with Gasteiger partial charge in [0.2, 0.25) is 0 Å². The van der Waals surface area contributed by atoms with E-state index in [0.29, 0.717) is 34.5 Å². The van der Waals surface area contributed by atoms with Crippen molar-refractivity contribution >= 4 is 34.2 Å². The molecule has 5 aromatic rings. The van der Waals surface area contributed by atoms with Crippen LogP contribution in [0.15, 0.2) is 102 Å². The Morgan fingerprint density at radius 2 is 1.75 bits per heavy atom. The fourth-order valence-electron chi connectivity index (χ4n) is 4.81. The van der Waals surface area contributed by atoms with E-state index in [1.807, 2.05) is 74.5 Å². The van der Waals surface area contributed by atoms with E-state index in [2.05, 4.69) is 5.32 Å². The number of nitrogens with zero attached hydrogens (tertiary/aromatic N) is 3. The van der Waals surface area contributed by atoms with Gasteiger partial charge in [0, 0.05) is 12.2 Å². The van der Waals surface area contributed by atoms with Crippen molar-refractivity contribution in [2.24, 2.45) is 0 Å². The maximum absolute atomic E-state index is 14.1. The van der Waals surface area contributed by atoms with Gasteiger partial charge in [0.25, 0.3) is 5.56 Å². The van der Waals surface area contributed by atoms with Crippen LogP contribution in [-0.2, 0) is 6.54 Å². The molecule has 1 unspecified atom stereocenters. The first kappa shape index (κ1) is 27.1. The highest BCUT2D eigenvalue weighted by Gasteiger charge is 2.30. The van der Waals surface area contributed by atoms with Gasteiger partial charge in [0.15, 0.2) is 0 Å². The van der Waals surface area contributed by atoms with Crippen molar-refractivity contribution < 1.29 is 9.18 Å². The number of nitrogens with one attached hydrogen (secondary N) is 1. The Labute approximate surface area is 236 Å². The van der Waals surface area contributed by atoms with E-state index >= 15 is 0 Å². The van der Waals surface area contributed by atoms with Crippen molar-refractivity contribution in [2.45, 2.75) is 32.9 Å². The molecule has 5 rings (SSSR count). The molecule has 202 valence electrons. The summed E-state index contributed by atoms with van der Waals surface area (Å²) in [6.07, 6.45) is 0.452. The van der Waals surface area contributed by atoms with E-state index in [1.54, 1.807) is 23.1 Å². The lowest BCUT2D eigenvalue weighted by molar-refractivity contribution is 0.177. The second kappa shape index (κ2) is 11.7. The largest absolute Gasteiger partial charge is 0.322 e. The first-order valence-electron chi connectivity index (χ1n) is 13.0. The topological polar surface area (TPSA) is 67.2 Å². The minimum Gasteiger partial charge on any atom is -0.310 e. The van der Waals surface area contributed by atoms with Crippen LogP contribution < -0.4 is 10.9 Å². The third kappa shape index (κ3) is 5.60. The van der Waals surface area contributed by atoms with E-state index in [0.717, 1.165) is 11.1 Å². The van der Waals surface area contributed by atoms with E-state index < -0.39 is 11.9 Å². The maximum Gasteiger partial charge on any atom is 0.322 e. The molecular weight excluding hydrogens is 527 g/mol. The van der Waals surface area contributed by atoms with Gasteiger partial charge < -0.3 is 10.2 Å². The second-order valence-corrected chi connectivity index (χ2v) is 9.97. The molecule has 0 aliphatic carbocycles.